The molecule has 0 aromatic heterocycles. The molecule has 3 heteroatoms. The summed E-state index contributed by atoms with van der Waals surface area (Å²) < 4.78 is 14.1. The van der Waals surface area contributed by atoms with E-state index in [-0.39, 0.29) is 5.82 Å². The van der Waals surface area contributed by atoms with Crippen molar-refractivity contribution in [1.29, 1.82) is 0 Å². The Morgan fingerprint density at radius 3 is 2.83 bits per heavy atom. The normalized spacial score (nSPS) is 23.7. The Kier molecular flexibility index (Phi) is 3.25. The van der Waals surface area contributed by atoms with Crippen LogP contribution in [-0.4, -0.2) is 19.1 Å². The molecule has 1 saturated heterocycles. The SMILES string of the molecule is CC1CCN(c2c(F)cccc2CNC2CC2)C1. The van der Waals surface area contributed by atoms with Gasteiger partial charge in [0, 0.05) is 25.7 Å². The third kappa shape index (κ3) is 2.51. The van der Waals surface area contributed by atoms with Crippen LogP contribution in [0.3, 0.4) is 0 Å². The van der Waals surface area contributed by atoms with Gasteiger partial charge in [-0.3, -0.25) is 0 Å². The first-order valence-electron chi connectivity index (χ1n) is 7.00. The molecule has 0 amide bonds. The minimum absolute atomic E-state index is 0.0702. The molecule has 1 atom stereocenters. The second-order valence-electron chi connectivity index (χ2n) is 5.74. The summed E-state index contributed by atoms with van der Waals surface area (Å²) in [5.41, 5.74) is 1.94. The molecule has 0 radical (unpaired) electrons. The van der Waals surface area contributed by atoms with Crippen LogP contribution in [0.15, 0.2) is 18.2 Å². The van der Waals surface area contributed by atoms with E-state index in [4.69, 9.17) is 0 Å². The number of hydrogen-bond donors (Lipinski definition) is 1. The number of rotatable bonds is 4. The first-order chi connectivity index (χ1) is 8.74. The fraction of sp³-hybridized carbons (Fsp3) is 0.600. The summed E-state index contributed by atoms with van der Waals surface area (Å²) in [5.74, 6) is 0.605. The van der Waals surface area contributed by atoms with Gasteiger partial charge >= 0.3 is 0 Å². The lowest BCUT2D eigenvalue weighted by atomic mass is 10.1. The average molecular weight is 248 g/mol. The Bertz CT molecular complexity index is 429. The first kappa shape index (κ1) is 12.0. The predicted molar refractivity (Wildman–Crippen MR) is 72.3 cm³/mol. The number of halogens is 1. The average Bonchev–Trinajstić information content (AvgIpc) is 3.09. The quantitative estimate of drug-likeness (QED) is 0.881. The molecule has 1 aromatic rings. The van der Waals surface area contributed by atoms with Gasteiger partial charge in [0.15, 0.2) is 0 Å². The van der Waals surface area contributed by atoms with Gasteiger partial charge < -0.3 is 10.2 Å². The third-order valence-corrected chi connectivity index (χ3v) is 3.97. The monoisotopic (exact) mass is 248 g/mol. The van der Waals surface area contributed by atoms with E-state index in [1.807, 2.05) is 6.07 Å². The Morgan fingerprint density at radius 1 is 1.33 bits per heavy atom. The summed E-state index contributed by atoms with van der Waals surface area (Å²) in [6, 6.07) is 6.12. The van der Waals surface area contributed by atoms with E-state index in [0.29, 0.717) is 12.0 Å². The van der Waals surface area contributed by atoms with Crippen LogP contribution in [0.4, 0.5) is 10.1 Å². The molecule has 1 saturated carbocycles. The van der Waals surface area contributed by atoms with Gasteiger partial charge in [-0.15, -0.1) is 0 Å². The van der Waals surface area contributed by atoms with Crippen LogP contribution in [0.1, 0.15) is 31.7 Å². The molecule has 3 rings (SSSR count). The maximum atomic E-state index is 14.1. The van der Waals surface area contributed by atoms with Crippen molar-refractivity contribution >= 4 is 5.69 Å². The summed E-state index contributed by atoms with van der Waals surface area (Å²) in [4.78, 5) is 2.21. The van der Waals surface area contributed by atoms with E-state index in [9.17, 15) is 4.39 Å². The van der Waals surface area contributed by atoms with Crippen LogP contribution in [0.25, 0.3) is 0 Å². The Morgan fingerprint density at radius 2 is 2.17 bits per heavy atom. The number of anilines is 1. The smallest absolute Gasteiger partial charge is 0.146 e. The van der Waals surface area contributed by atoms with E-state index in [1.54, 1.807) is 6.07 Å². The summed E-state index contributed by atoms with van der Waals surface area (Å²) >= 11 is 0. The highest BCUT2D eigenvalue weighted by molar-refractivity contribution is 5.55. The molecule has 0 bridgehead atoms. The van der Waals surface area contributed by atoms with Crippen molar-refractivity contribution < 1.29 is 4.39 Å². The highest BCUT2D eigenvalue weighted by Gasteiger charge is 2.25. The van der Waals surface area contributed by atoms with Crippen molar-refractivity contribution in [2.24, 2.45) is 5.92 Å². The van der Waals surface area contributed by atoms with E-state index in [1.165, 1.54) is 19.3 Å². The largest absolute Gasteiger partial charge is 0.369 e. The van der Waals surface area contributed by atoms with Gasteiger partial charge in [-0.25, -0.2) is 4.39 Å². The van der Waals surface area contributed by atoms with Crippen molar-refractivity contribution in [3.8, 4) is 0 Å². The van der Waals surface area contributed by atoms with Crippen LogP contribution >= 0.6 is 0 Å². The minimum Gasteiger partial charge on any atom is -0.369 e. The summed E-state index contributed by atoms with van der Waals surface area (Å²) in [7, 11) is 0. The fourth-order valence-corrected chi connectivity index (χ4v) is 2.74. The second-order valence-corrected chi connectivity index (χ2v) is 5.74. The van der Waals surface area contributed by atoms with E-state index in [2.05, 4.69) is 23.2 Å². The molecule has 1 aliphatic heterocycles. The van der Waals surface area contributed by atoms with E-state index >= 15 is 0 Å². The van der Waals surface area contributed by atoms with Gasteiger partial charge in [0.25, 0.3) is 0 Å². The lowest BCUT2D eigenvalue weighted by Gasteiger charge is -2.22. The van der Waals surface area contributed by atoms with Gasteiger partial charge in [0.1, 0.15) is 5.82 Å². The van der Waals surface area contributed by atoms with Crippen molar-refractivity contribution in [1.82, 2.24) is 5.32 Å². The molecule has 0 spiro atoms. The Hall–Kier alpha value is -1.09. The zero-order valence-electron chi connectivity index (χ0n) is 11.0. The van der Waals surface area contributed by atoms with Gasteiger partial charge in [0.2, 0.25) is 0 Å². The molecule has 1 N–H and O–H groups in total. The van der Waals surface area contributed by atoms with Crippen molar-refractivity contribution in [3.05, 3.63) is 29.6 Å². The topological polar surface area (TPSA) is 15.3 Å². The number of nitrogens with one attached hydrogen (secondary N) is 1. The number of para-hydroxylation sites is 1. The number of hydrogen-bond acceptors (Lipinski definition) is 2. The zero-order valence-corrected chi connectivity index (χ0v) is 11.0. The molecular formula is C15H21FN2. The maximum absolute atomic E-state index is 14.1. The van der Waals surface area contributed by atoms with Crippen molar-refractivity contribution in [2.45, 2.75) is 38.8 Å². The molecule has 2 fully saturated rings. The van der Waals surface area contributed by atoms with E-state index < -0.39 is 0 Å². The molecule has 2 aliphatic rings. The highest BCUT2D eigenvalue weighted by Crippen LogP contribution is 2.30. The number of benzene rings is 1. The second kappa shape index (κ2) is 4.88. The van der Waals surface area contributed by atoms with Gasteiger partial charge in [-0.2, -0.15) is 0 Å². The molecule has 18 heavy (non-hydrogen) atoms. The van der Waals surface area contributed by atoms with Crippen LogP contribution in [-0.2, 0) is 6.54 Å². The van der Waals surface area contributed by atoms with Gasteiger partial charge in [-0.1, -0.05) is 19.1 Å². The maximum Gasteiger partial charge on any atom is 0.146 e. The first-order valence-corrected chi connectivity index (χ1v) is 7.00. The highest BCUT2D eigenvalue weighted by atomic mass is 19.1. The van der Waals surface area contributed by atoms with Crippen LogP contribution < -0.4 is 10.2 Å². The molecule has 1 aliphatic carbocycles. The Balaban J connectivity index is 1.80. The van der Waals surface area contributed by atoms with Gasteiger partial charge in [0.05, 0.1) is 5.69 Å². The standard InChI is InChI=1S/C15H21FN2/c1-11-7-8-18(10-11)15-12(3-2-4-14(15)16)9-17-13-5-6-13/h2-4,11,13,17H,5-10H2,1H3. The summed E-state index contributed by atoms with van der Waals surface area (Å²) in [6.45, 7) is 5.00. The lowest BCUT2D eigenvalue weighted by Crippen LogP contribution is -2.24. The third-order valence-electron chi connectivity index (χ3n) is 3.97. The minimum atomic E-state index is -0.0702. The molecular weight excluding hydrogens is 227 g/mol. The van der Waals surface area contributed by atoms with Crippen molar-refractivity contribution in [2.75, 3.05) is 18.0 Å². The molecule has 98 valence electrons. The van der Waals surface area contributed by atoms with Crippen LogP contribution in [0, 0.1) is 11.7 Å². The predicted octanol–water partition coefficient (Wildman–Crippen LogP) is 2.92. The van der Waals surface area contributed by atoms with E-state index in [0.717, 1.165) is 30.9 Å². The lowest BCUT2D eigenvalue weighted by molar-refractivity contribution is 0.611. The van der Waals surface area contributed by atoms with Crippen molar-refractivity contribution in [3.63, 3.8) is 0 Å². The molecule has 1 heterocycles. The van der Waals surface area contributed by atoms with Gasteiger partial charge in [-0.05, 0) is 36.8 Å². The molecule has 1 aromatic carbocycles. The number of nitrogens with zero attached hydrogens (tertiary/aromatic N) is 1. The molecule has 2 nitrogen and oxygen atoms in total. The molecule has 1 unspecified atom stereocenters. The summed E-state index contributed by atoms with van der Waals surface area (Å²) in [5, 5.41) is 3.48. The van der Waals surface area contributed by atoms with Crippen LogP contribution in [0.5, 0.6) is 0 Å². The Labute approximate surface area is 108 Å². The zero-order chi connectivity index (χ0) is 12.5. The fourth-order valence-electron chi connectivity index (χ4n) is 2.74. The summed E-state index contributed by atoms with van der Waals surface area (Å²) in [6.07, 6.45) is 3.71. The van der Waals surface area contributed by atoms with Crippen LogP contribution in [0.2, 0.25) is 0 Å².